The Morgan fingerprint density at radius 3 is 2.77 bits per heavy atom. The summed E-state index contributed by atoms with van der Waals surface area (Å²) in [6.07, 6.45) is 3.90. The number of aliphatic hydroxyl groups is 1. The van der Waals surface area contributed by atoms with E-state index in [1.165, 1.54) is 0 Å². The van der Waals surface area contributed by atoms with Crippen LogP contribution in [0.2, 0.25) is 5.02 Å². The molecule has 0 aliphatic carbocycles. The van der Waals surface area contributed by atoms with Crippen LogP contribution in [0, 0.1) is 12.3 Å². The maximum Gasteiger partial charge on any atom is 0.228 e. The molecular weight excluding hydrogens is 416 g/mol. The second kappa shape index (κ2) is 7.73. The maximum absolute atomic E-state index is 11.7. The molecule has 2 aromatic rings. The van der Waals surface area contributed by atoms with Gasteiger partial charge in [-0.15, -0.1) is 0 Å². The van der Waals surface area contributed by atoms with Crippen molar-refractivity contribution in [1.82, 2.24) is 9.97 Å². The Labute approximate surface area is 186 Å². The fourth-order valence-electron chi connectivity index (χ4n) is 5.17. The highest BCUT2D eigenvalue weighted by atomic mass is 35.5. The lowest BCUT2D eigenvalue weighted by molar-refractivity contribution is -0.115. The second-order valence-electron chi connectivity index (χ2n) is 9.11. The van der Waals surface area contributed by atoms with Gasteiger partial charge in [-0.25, -0.2) is 9.97 Å². The summed E-state index contributed by atoms with van der Waals surface area (Å²) in [6.45, 7) is 6.45. The largest absolute Gasteiger partial charge is 0.390 e. The lowest BCUT2D eigenvalue weighted by atomic mass is 9.77. The summed E-state index contributed by atoms with van der Waals surface area (Å²) in [5.41, 5.74) is 4.56. The number of aliphatic hydroxyl groups excluding tert-OH is 1. The smallest absolute Gasteiger partial charge is 0.228 e. The third kappa shape index (κ3) is 3.69. The molecular formula is C23H27ClN4O3. The number of hydrogen-bond acceptors (Lipinski definition) is 6. The van der Waals surface area contributed by atoms with E-state index in [1.807, 2.05) is 19.1 Å². The van der Waals surface area contributed by atoms with Crippen LogP contribution in [0.15, 0.2) is 12.1 Å². The van der Waals surface area contributed by atoms with Gasteiger partial charge in [-0.2, -0.15) is 0 Å². The van der Waals surface area contributed by atoms with Crippen molar-refractivity contribution in [2.24, 2.45) is 5.41 Å². The molecule has 164 valence electrons. The number of anilines is 2. The van der Waals surface area contributed by atoms with Crippen molar-refractivity contribution >= 4 is 29.0 Å². The standard InChI is InChI=1S/C23H27ClN4O3/c1-13-10-23(12-31-13)3-5-28(6-4-23)22-19(11-29)27-21(14(2)25-22)16-9-18-15(7-17(16)24)8-20(30)26-18/h7,9,13,29H,3-6,8,10-12H2,1-2H3,(H,26,30)/t13-/m0/s1. The van der Waals surface area contributed by atoms with E-state index in [4.69, 9.17) is 26.3 Å². The molecule has 2 N–H and O–H groups in total. The number of fused-ring (bicyclic) bond motifs is 1. The van der Waals surface area contributed by atoms with Gasteiger partial charge in [0.2, 0.25) is 5.91 Å². The van der Waals surface area contributed by atoms with Crippen LogP contribution in [0.1, 0.15) is 43.1 Å². The normalized spacial score (nSPS) is 22.1. The Balaban J connectivity index is 1.44. The summed E-state index contributed by atoms with van der Waals surface area (Å²) in [5, 5.41) is 13.5. The summed E-state index contributed by atoms with van der Waals surface area (Å²) in [4.78, 5) is 23.6. The van der Waals surface area contributed by atoms with E-state index in [0.717, 1.165) is 61.7 Å². The molecule has 3 aliphatic heterocycles. The predicted octanol–water partition coefficient (Wildman–Crippen LogP) is 3.49. The molecule has 5 rings (SSSR count). The van der Waals surface area contributed by atoms with Crippen LogP contribution >= 0.6 is 11.6 Å². The number of piperidine rings is 1. The van der Waals surface area contributed by atoms with Gasteiger partial charge in [0, 0.05) is 24.3 Å². The Hall–Kier alpha value is -2.22. The van der Waals surface area contributed by atoms with Crippen LogP contribution in [0.4, 0.5) is 11.5 Å². The van der Waals surface area contributed by atoms with E-state index in [0.29, 0.717) is 34.5 Å². The van der Waals surface area contributed by atoms with Crippen molar-refractivity contribution in [1.29, 1.82) is 0 Å². The number of carbonyl (C=O) groups is 1. The number of nitrogens with zero attached hydrogens (tertiary/aromatic N) is 3. The van der Waals surface area contributed by atoms with Gasteiger partial charge in [-0.05, 0) is 56.2 Å². The average molecular weight is 443 g/mol. The number of aryl methyl sites for hydroxylation is 1. The summed E-state index contributed by atoms with van der Waals surface area (Å²) < 4.78 is 5.84. The molecule has 0 unspecified atom stereocenters. The van der Waals surface area contributed by atoms with E-state index in [-0.39, 0.29) is 17.9 Å². The number of amides is 1. The number of carbonyl (C=O) groups excluding carboxylic acids is 1. The molecule has 1 spiro atoms. The molecule has 2 fully saturated rings. The third-order valence-electron chi connectivity index (χ3n) is 6.86. The second-order valence-corrected chi connectivity index (χ2v) is 9.52. The number of ether oxygens (including phenoxy) is 1. The molecule has 2 saturated heterocycles. The van der Waals surface area contributed by atoms with Crippen molar-refractivity contribution in [3.05, 3.63) is 34.1 Å². The van der Waals surface area contributed by atoms with Crippen molar-refractivity contribution in [2.75, 3.05) is 29.9 Å². The summed E-state index contributed by atoms with van der Waals surface area (Å²) >= 11 is 6.54. The minimum atomic E-state index is -0.198. The molecule has 4 heterocycles. The lowest BCUT2D eigenvalue weighted by Crippen LogP contribution is -2.41. The highest BCUT2D eigenvalue weighted by Crippen LogP contribution is 2.43. The maximum atomic E-state index is 11.7. The third-order valence-corrected chi connectivity index (χ3v) is 7.17. The monoisotopic (exact) mass is 442 g/mol. The zero-order valence-electron chi connectivity index (χ0n) is 17.9. The van der Waals surface area contributed by atoms with Crippen LogP contribution in [0.3, 0.4) is 0 Å². The van der Waals surface area contributed by atoms with Crippen molar-refractivity contribution in [3.63, 3.8) is 0 Å². The van der Waals surface area contributed by atoms with E-state index < -0.39 is 0 Å². The van der Waals surface area contributed by atoms with Gasteiger partial charge in [0.25, 0.3) is 0 Å². The van der Waals surface area contributed by atoms with E-state index >= 15 is 0 Å². The highest BCUT2D eigenvalue weighted by Gasteiger charge is 2.41. The highest BCUT2D eigenvalue weighted by molar-refractivity contribution is 6.33. The zero-order chi connectivity index (χ0) is 21.8. The summed E-state index contributed by atoms with van der Waals surface area (Å²) in [7, 11) is 0. The quantitative estimate of drug-likeness (QED) is 0.756. The van der Waals surface area contributed by atoms with Crippen molar-refractivity contribution < 1.29 is 14.6 Å². The van der Waals surface area contributed by atoms with Gasteiger partial charge in [-0.1, -0.05) is 11.6 Å². The van der Waals surface area contributed by atoms with Crippen LogP contribution < -0.4 is 10.2 Å². The molecule has 7 nitrogen and oxygen atoms in total. The number of halogens is 1. The molecule has 3 aliphatic rings. The molecule has 31 heavy (non-hydrogen) atoms. The number of hydrogen-bond donors (Lipinski definition) is 2. The molecule has 8 heteroatoms. The van der Waals surface area contributed by atoms with Crippen LogP contribution in [0.5, 0.6) is 0 Å². The van der Waals surface area contributed by atoms with Gasteiger partial charge in [0.1, 0.15) is 5.69 Å². The topological polar surface area (TPSA) is 87.6 Å². The zero-order valence-corrected chi connectivity index (χ0v) is 18.6. The number of aromatic nitrogens is 2. The number of benzene rings is 1. The Kier molecular flexibility index (Phi) is 5.15. The fourth-order valence-corrected chi connectivity index (χ4v) is 5.45. The summed E-state index contributed by atoms with van der Waals surface area (Å²) in [5.74, 6) is 0.707. The minimum absolute atomic E-state index is 0.0395. The minimum Gasteiger partial charge on any atom is -0.390 e. The van der Waals surface area contributed by atoms with Gasteiger partial charge < -0.3 is 20.1 Å². The first-order valence-corrected chi connectivity index (χ1v) is 11.2. The van der Waals surface area contributed by atoms with E-state index in [9.17, 15) is 9.90 Å². The molecule has 1 amide bonds. The Bertz CT molecular complexity index is 1050. The van der Waals surface area contributed by atoms with Crippen LogP contribution in [-0.2, 0) is 22.6 Å². The van der Waals surface area contributed by atoms with Crippen molar-refractivity contribution in [2.45, 2.75) is 52.2 Å². The first-order valence-electron chi connectivity index (χ1n) is 10.8. The van der Waals surface area contributed by atoms with E-state index in [1.54, 1.807) is 0 Å². The van der Waals surface area contributed by atoms with Gasteiger partial charge in [-0.3, -0.25) is 4.79 Å². The van der Waals surface area contributed by atoms with Crippen LogP contribution in [0.25, 0.3) is 11.3 Å². The Morgan fingerprint density at radius 1 is 1.32 bits per heavy atom. The van der Waals surface area contributed by atoms with Gasteiger partial charge in [0.05, 0.1) is 42.1 Å². The van der Waals surface area contributed by atoms with Gasteiger partial charge in [0.15, 0.2) is 5.82 Å². The molecule has 1 aromatic heterocycles. The first kappa shape index (κ1) is 20.7. The lowest BCUT2D eigenvalue weighted by Gasteiger charge is -2.39. The number of rotatable bonds is 3. The first-order chi connectivity index (χ1) is 14.9. The van der Waals surface area contributed by atoms with Gasteiger partial charge >= 0.3 is 0 Å². The molecule has 0 radical (unpaired) electrons. The van der Waals surface area contributed by atoms with Crippen molar-refractivity contribution in [3.8, 4) is 11.3 Å². The molecule has 1 atom stereocenters. The SMILES string of the molecule is Cc1nc(N2CCC3(CC2)CO[C@@H](C)C3)c(CO)nc1-c1cc2c(cc1Cl)CC(=O)N2. The fraction of sp³-hybridized carbons (Fsp3) is 0.522. The van der Waals surface area contributed by atoms with E-state index in [2.05, 4.69) is 17.1 Å². The molecule has 0 saturated carbocycles. The van der Waals surface area contributed by atoms with Crippen LogP contribution in [-0.4, -0.2) is 46.8 Å². The Morgan fingerprint density at radius 2 is 2.10 bits per heavy atom. The average Bonchev–Trinajstić information content (AvgIpc) is 3.29. The summed E-state index contributed by atoms with van der Waals surface area (Å²) in [6, 6.07) is 3.67. The molecule has 0 bridgehead atoms. The molecule has 1 aromatic carbocycles. The number of nitrogens with one attached hydrogen (secondary N) is 1. The predicted molar refractivity (Wildman–Crippen MR) is 119 cm³/mol.